The van der Waals surface area contributed by atoms with Crippen LogP contribution in [0.5, 0.6) is 11.5 Å². The summed E-state index contributed by atoms with van der Waals surface area (Å²) in [6, 6.07) is 22.9. The normalized spacial score (nSPS) is 10.8. The summed E-state index contributed by atoms with van der Waals surface area (Å²) in [6.45, 7) is 7.57. The van der Waals surface area contributed by atoms with Crippen molar-refractivity contribution in [1.29, 1.82) is 0 Å². The van der Waals surface area contributed by atoms with Gasteiger partial charge in [-0.15, -0.1) is 0 Å². The van der Waals surface area contributed by atoms with Crippen molar-refractivity contribution in [2.24, 2.45) is 5.73 Å². The lowest BCUT2D eigenvalue weighted by atomic mass is 10.1. The SMILES string of the molecule is Cc1ccc(COc2ccc(CNCCCN)cc2OCc2ccc(C)cc2)cc1. The molecule has 0 aliphatic heterocycles. The Kier molecular flexibility index (Phi) is 8.30. The van der Waals surface area contributed by atoms with E-state index in [-0.39, 0.29) is 0 Å². The molecule has 30 heavy (non-hydrogen) atoms. The smallest absolute Gasteiger partial charge is 0.162 e. The van der Waals surface area contributed by atoms with Gasteiger partial charge < -0.3 is 20.5 Å². The van der Waals surface area contributed by atoms with E-state index in [0.29, 0.717) is 19.8 Å². The Labute approximate surface area is 180 Å². The Morgan fingerprint density at radius 2 is 1.23 bits per heavy atom. The number of aryl methyl sites for hydroxylation is 2. The molecule has 0 bridgehead atoms. The first-order valence-electron chi connectivity index (χ1n) is 10.5. The van der Waals surface area contributed by atoms with Crippen molar-refractivity contribution in [2.75, 3.05) is 13.1 Å². The van der Waals surface area contributed by atoms with Gasteiger partial charge in [0.25, 0.3) is 0 Å². The van der Waals surface area contributed by atoms with E-state index in [0.717, 1.165) is 47.7 Å². The van der Waals surface area contributed by atoms with Crippen molar-refractivity contribution in [2.45, 2.75) is 40.0 Å². The molecule has 0 atom stereocenters. The van der Waals surface area contributed by atoms with Gasteiger partial charge in [0.15, 0.2) is 11.5 Å². The van der Waals surface area contributed by atoms with Crippen molar-refractivity contribution in [1.82, 2.24) is 5.32 Å². The lowest BCUT2D eigenvalue weighted by Gasteiger charge is -2.15. The van der Waals surface area contributed by atoms with Gasteiger partial charge in [-0.05, 0) is 62.2 Å². The monoisotopic (exact) mass is 404 g/mol. The van der Waals surface area contributed by atoms with Crippen LogP contribution in [0.2, 0.25) is 0 Å². The molecule has 4 heteroatoms. The van der Waals surface area contributed by atoms with Gasteiger partial charge in [0, 0.05) is 6.54 Å². The fourth-order valence-electron chi connectivity index (χ4n) is 3.05. The van der Waals surface area contributed by atoms with Gasteiger partial charge in [-0.2, -0.15) is 0 Å². The molecule has 0 saturated heterocycles. The minimum atomic E-state index is 0.505. The van der Waals surface area contributed by atoms with Crippen LogP contribution in [0.1, 0.15) is 34.2 Å². The first-order valence-corrected chi connectivity index (χ1v) is 10.5. The van der Waals surface area contributed by atoms with E-state index in [9.17, 15) is 0 Å². The van der Waals surface area contributed by atoms with Crippen molar-refractivity contribution in [3.8, 4) is 11.5 Å². The molecule has 3 N–H and O–H groups in total. The largest absolute Gasteiger partial charge is 0.485 e. The van der Waals surface area contributed by atoms with Crippen molar-refractivity contribution in [3.05, 3.63) is 94.5 Å². The van der Waals surface area contributed by atoms with E-state index in [1.165, 1.54) is 11.1 Å². The molecule has 158 valence electrons. The number of benzene rings is 3. The average molecular weight is 405 g/mol. The topological polar surface area (TPSA) is 56.5 Å². The predicted octanol–water partition coefficient (Wildman–Crippen LogP) is 4.90. The molecule has 3 rings (SSSR count). The second-order valence-corrected chi connectivity index (χ2v) is 7.65. The Balaban J connectivity index is 1.69. The van der Waals surface area contributed by atoms with Crippen molar-refractivity contribution in [3.63, 3.8) is 0 Å². The van der Waals surface area contributed by atoms with E-state index >= 15 is 0 Å². The molecule has 0 spiro atoms. The van der Waals surface area contributed by atoms with E-state index in [2.05, 4.69) is 79.8 Å². The van der Waals surface area contributed by atoms with Gasteiger partial charge in [0.1, 0.15) is 13.2 Å². The third kappa shape index (κ3) is 6.90. The van der Waals surface area contributed by atoms with Crippen LogP contribution in [-0.4, -0.2) is 13.1 Å². The van der Waals surface area contributed by atoms with Gasteiger partial charge >= 0.3 is 0 Å². The number of hydrogen-bond donors (Lipinski definition) is 2. The molecule has 0 aliphatic rings. The summed E-state index contributed by atoms with van der Waals surface area (Å²) in [5.41, 5.74) is 11.5. The average Bonchev–Trinajstić information content (AvgIpc) is 2.76. The number of hydrogen-bond acceptors (Lipinski definition) is 4. The molecule has 3 aromatic carbocycles. The first kappa shape index (κ1) is 21.9. The van der Waals surface area contributed by atoms with Crippen LogP contribution in [0.3, 0.4) is 0 Å². The first-order chi connectivity index (χ1) is 14.6. The third-order valence-corrected chi connectivity index (χ3v) is 4.92. The molecule has 0 amide bonds. The summed E-state index contributed by atoms with van der Waals surface area (Å²) in [4.78, 5) is 0. The van der Waals surface area contributed by atoms with Crippen LogP contribution >= 0.6 is 0 Å². The molecule has 0 saturated carbocycles. The van der Waals surface area contributed by atoms with Crippen molar-refractivity contribution >= 4 is 0 Å². The molecule has 3 aromatic rings. The molecule has 0 aromatic heterocycles. The van der Waals surface area contributed by atoms with Crippen molar-refractivity contribution < 1.29 is 9.47 Å². The summed E-state index contributed by atoms with van der Waals surface area (Å²) in [5, 5.41) is 3.42. The van der Waals surface area contributed by atoms with Gasteiger partial charge in [0.05, 0.1) is 0 Å². The molecular formula is C26H32N2O2. The number of nitrogens with one attached hydrogen (secondary N) is 1. The Morgan fingerprint density at radius 3 is 1.80 bits per heavy atom. The Hall–Kier alpha value is -2.82. The molecule has 0 radical (unpaired) electrons. The van der Waals surface area contributed by atoms with Gasteiger partial charge in [-0.25, -0.2) is 0 Å². The Bertz CT molecular complexity index is 905. The highest BCUT2D eigenvalue weighted by Crippen LogP contribution is 2.30. The second kappa shape index (κ2) is 11.4. The van der Waals surface area contributed by atoms with Crippen LogP contribution in [0, 0.1) is 13.8 Å². The van der Waals surface area contributed by atoms with Crippen LogP contribution < -0.4 is 20.5 Å². The van der Waals surface area contributed by atoms with Gasteiger partial charge in [0.2, 0.25) is 0 Å². The summed E-state index contributed by atoms with van der Waals surface area (Å²) in [7, 11) is 0. The number of nitrogens with two attached hydrogens (primary N) is 1. The van der Waals surface area contributed by atoms with Gasteiger partial charge in [-0.1, -0.05) is 65.7 Å². The minimum absolute atomic E-state index is 0.505. The molecule has 0 heterocycles. The summed E-state index contributed by atoms with van der Waals surface area (Å²) < 4.78 is 12.3. The minimum Gasteiger partial charge on any atom is -0.485 e. The molecule has 0 unspecified atom stereocenters. The maximum absolute atomic E-state index is 6.17. The lowest BCUT2D eigenvalue weighted by Crippen LogP contribution is -2.17. The summed E-state index contributed by atoms with van der Waals surface area (Å²) in [6.07, 6.45) is 0.967. The summed E-state index contributed by atoms with van der Waals surface area (Å²) in [5.74, 6) is 1.52. The highest BCUT2D eigenvalue weighted by atomic mass is 16.5. The highest BCUT2D eigenvalue weighted by Gasteiger charge is 2.08. The van der Waals surface area contributed by atoms with Crippen LogP contribution in [0.4, 0.5) is 0 Å². The fourth-order valence-corrected chi connectivity index (χ4v) is 3.05. The zero-order chi connectivity index (χ0) is 21.2. The molecule has 0 aliphatic carbocycles. The van der Waals surface area contributed by atoms with Gasteiger partial charge in [-0.3, -0.25) is 0 Å². The van der Waals surface area contributed by atoms with E-state index in [1.807, 2.05) is 6.07 Å². The summed E-state index contributed by atoms with van der Waals surface area (Å²) >= 11 is 0. The molecular weight excluding hydrogens is 372 g/mol. The predicted molar refractivity (Wildman–Crippen MR) is 123 cm³/mol. The second-order valence-electron chi connectivity index (χ2n) is 7.65. The third-order valence-electron chi connectivity index (χ3n) is 4.92. The van der Waals surface area contributed by atoms with Crippen LogP contribution in [0.15, 0.2) is 66.7 Å². The van der Waals surface area contributed by atoms with E-state index in [4.69, 9.17) is 15.2 Å². The molecule has 0 fully saturated rings. The van der Waals surface area contributed by atoms with Crippen LogP contribution in [0.25, 0.3) is 0 Å². The fraction of sp³-hybridized carbons (Fsp3) is 0.308. The van der Waals surface area contributed by atoms with E-state index < -0.39 is 0 Å². The maximum Gasteiger partial charge on any atom is 0.162 e. The highest BCUT2D eigenvalue weighted by molar-refractivity contribution is 5.43. The zero-order valence-electron chi connectivity index (χ0n) is 18.0. The Morgan fingerprint density at radius 1 is 0.700 bits per heavy atom. The quantitative estimate of drug-likeness (QED) is 0.446. The van der Waals surface area contributed by atoms with Crippen LogP contribution in [-0.2, 0) is 19.8 Å². The lowest BCUT2D eigenvalue weighted by molar-refractivity contribution is 0.255. The zero-order valence-corrected chi connectivity index (χ0v) is 18.0. The number of rotatable bonds is 11. The maximum atomic E-state index is 6.17. The van der Waals surface area contributed by atoms with E-state index in [1.54, 1.807) is 0 Å². The number of ether oxygens (including phenoxy) is 2. The molecule has 4 nitrogen and oxygen atoms in total. The standard InChI is InChI=1S/C26H32N2O2/c1-20-4-8-22(9-5-20)18-29-25-13-12-24(17-28-15-3-14-27)16-26(25)30-19-23-10-6-21(2)7-11-23/h4-13,16,28H,3,14-15,17-19,27H2,1-2H3.